The summed E-state index contributed by atoms with van der Waals surface area (Å²) in [7, 11) is -4.74. The van der Waals surface area contributed by atoms with Gasteiger partial charge in [-0.2, -0.15) is 0 Å². The van der Waals surface area contributed by atoms with Crippen molar-refractivity contribution in [2.24, 2.45) is 0 Å². The Morgan fingerprint density at radius 3 is 2.03 bits per heavy atom. The van der Waals surface area contributed by atoms with Crippen LogP contribution in [0.2, 0.25) is 0 Å². The number of hydrogen-bond donors (Lipinski definition) is 0. The van der Waals surface area contributed by atoms with Gasteiger partial charge in [0.2, 0.25) is 0 Å². The molecule has 0 aliphatic heterocycles. The van der Waals surface area contributed by atoms with Crippen molar-refractivity contribution in [1.29, 1.82) is 0 Å². The smallest absolute Gasteiger partial charge is 0.744 e. The molecule has 30 heavy (non-hydrogen) atoms. The van der Waals surface area contributed by atoms with Crippen LogP contribution in [0.1, 0.15) is 22.3 Å². The van der Waals surface area contributed by atoms with Crippen LogP contribution >= 0.6 is 0 Å². The Kier molecular flexibility index (Phi) is 7.47. The van der Waals surface area contributed by atoms with Crippen molar-refractivity contribution in [1.82, 2.24) is 0 Å². The van der Waals surface area contributed by atoms with Gasteiger partial charge in [0.05, 0.1) is 4.90 Å². The second-order valence-electron chi connectivity index (χ2n) is 6.92. The van der Waals surface area contributed by atoms with Gasteiger partial charge in [-0.25, -0.2) is 8.42 Å². The van der Waals surface area contributed by atoms with Gasteiger partial charge >= 0.3 is 51.4 Å². The topological polar surface area (TPSA) is 57.2 Å². The van der Waals surface area contributed by atoms with Crippen LogP contribution in [0, 0.1) is 0 Å². The van der Waals surface area contributed by atoms with Gasteiger partial charge in [0.1, 0.15) is 10.1 Å². The standard InChI is InChI=1S/C25H20O3S.K/c1-18(20-12-6-3-7-13-20)24-22(16-19-10-4-2-5-11-19)17-21-14-8-9-15-23(21)25(24)29(26,27)28;/h2-15,17H,1,16H2,(H,26,27,28);/q;+1/p-1. The minimum atomic E-state index is -4.74. The van der Waals surface area contributed by atoms with Crippen molar-refractivity contribution in [2.45, 2.75) is 11.3 Å². The molecule has 0 N–H and O–H groups in total. The molecule has 144 valence electrons. The monoisotopic (exact) mass is 438 g/mol. The van der Waals surface area contributed by atoms with E-state index < -0.39 is 10.1 Å². The molecule has 0 unspecified atom stereocenters. The fourth-order valence-electron chi connectivity index (χ4n) is 3.70. The summed E-state index contributed by atoms with van der Waals surface area (Å²) in [5, 5.41) is 1.14. The third kappa shape index (κ3) is 4.84. The molecular weight excluding hydrogens is 419 g/mol. The van der Waals surface area contributed by atoms with Crippen LogP contribution in [-0.4, -0.2) is 13.0 Å². The molecule has 4 aromatic rings. The zero-order valence-corrected chi connectivity index (χ0v) is 20.6. The van der Waals surface area contributed by atoms with Gasteiger partial charge in [0.15, 0.2) is 0 Å². The van der Waals surface area contributed by atoms with Crippen molar-refractivity contribution in [3.63, 3.8) is 0 Å². The zero-order chi connectivity index (χ0) is 20.4. The normalized spacial score (nSPS) is 11.1. The van der Waals surface area contributed by atoms with Gasteiger partial charge in [-0.15, -0.1) is 0 Å². The van der Waals surface area contributed by atoms with Crippen LogP contribution in [0.3, 0.4) is 0 Å². The zero-order valence-electron chi connectivity index (χ0n) is 16.7. The Morgan fingerprint density at radius 1 is 0.833 bits per heavy atom. The molecule has 0 amide bonds. The molecule has 3 nitrogen and oxygen atoms in total. The molecule has 0 saturated carbocycles. The molecule has 0 aliphatic carbocycles. The average Bonchev–Trinajstić information content (AvgIpc) is 2.73. The van der Waals surface area contributed by atoms with Crippen LogP contribution in [0.25, 0.3) is 16.3 Å². The molecule has 5 heteroatoms. The fourth-order valence-corrected chi connectivity index (χ4v) is 4.66. The summed E-state index contributed by atoms with van der Waals surface area (Å²) >= 11 is 0. The molecule has 0 bridgehead atoms. The number of rotatable bonds is 5. The van der Waals surface area contributed by atoms with E-state index in [4.69, 9.17) is 0 Å². The van der Waals surface area contributed by atoms with E-state index in [1.807, 2.05) is 78.9 Å². The van der Waals surface area contributed by atoms with Crippen LogP contribution in [0.5, 0.6) is 0 Å². The Hall–Kier alpha value is -1.57. The van der Waals surface area contributed by atoms with E-state index >= 15 is 0 Å². The Bertz CT molecular complexity index is 1300. The molecule has 0 radical (unpaired) electrons. The Labute approximate surface area is 219 Å². The first-order chi connectivity index (χ1) is 13.9. The number of fused-ring (bicyclic) bond motifs is 1. The quantitative estimate of drug-likeness (QED) is 0.355. The van der Waals surface area contributed by atoms with Crippen molar-refractivity contribution in [3.8, 4) is 0 Å². The maximum absolute atomic E-state index is 12.4. The van der Waals surface area contributed by atoms with Gasteiger partial charge in [-0.1, -0.05) is 97.6 Å². The summed E-state index contributed by atoms with van der Waals surface area (Å²) in [4.78, 5) is -0.199. The second-order valence-corrected chi connectivity index (χ2v) is 8.24. The number of hydrogen-bond acceptors (Lipinski definition) is 3. The van der Waals surface area contributed by atoms with E-state index in [1.54, 1.807) is 12.1 Å². The maximum atomic E-state index is 12.4. The SMILES string of the molecule is C=C(c1ccccc1)c1c(Cc2ccccc2)cc2ccccc2c1S(=O)(=O)[O-].[K+]. The summed E-state index contributed by atoms with van der Waals surface area (Å²) in [6.07, 6.45) is 0.495. The number of benzene rings is 4. The molecule has 4 rings (SSSR count). The van der Waals surface area contributed by atoms with Gasteiger partial charge in [0, 0.05) is 5.56 Å². The van der Waals surface area contributed by atoms with E-state index in [9.17, 15) is 13.0 Å². The first-order valence-corrected chi connectivity index (χ1v) is 10.6. The van der Waals surface area contributed by atoms with Crippen molar-refractivity contribution < 1.29 is 64.4 Å². The summed E-state index contributed by atoms with van der Waals surface area (Å²) < 4.78 is 37.2. The van der Waals surface area contributed by atoms with Crippen LogP contribution in [-0.2, 0) is 16.5 Å². The first-order valence-electron chi connectivity index (χ1n) is 9.24. The second kappa shape index (κ2) is 9.70. The van der Waals surface area contributed by atoms with E-state index in [0.717, 1.165) is 22.1 Å². The molecule has 0 atom stereocenters. The van der Waals surface area contributed by atoms with Crippen LogP contribution < -0.4 is 51.4 Å². The van der Waals surface area contributed by atoms with E-state index in [-0.39, 0.29) is 56.3 Å². The van der Waals surface area contributed by atoms with Crippen LogP contribution in [0.15, 0.2) is 102 Å². The van der Waals surface area contributed by atoms with Gasteiger partial charge in [-0.05, 0) is 39.5 Å². The van der Waals surface area contributed by atoms with E-state index in [2.05, 4.69) is 6.58 Å². The van der Waals surface area contributed by atoms with E-state index in [0.29, 0.717) is 22.9 Å². The Morgan fingerprint density at radius 2 is 1.40 bits per heavy atom. The van der Waals surface area contributed by atoms with Crippen molar-refractivity contribution in [2.75, 3.05) is 0 Å². The Balaban J connectivity index is 0.00000256. The van der Waals surface area contributed by atoms with Gasteiger partial charge < -0.3 is 4.55 Å². The summed E-state index contributed by atoms with van der Waals surface area (Å²) in [5.74, 6) is 0. The average molecular weight is 439 g/mol. The third-order valence-corrected chi connectivity index (χ3v) is 5.92. The van der Waals surface area contributed by atoms with Gasteiger partial charge in [0.25, 0.3) is 0 Å². The van der Waals surface area contributed by atoms with Gasteiger partial charge in [-0.3, -0.25) is 0 Å². The van der Waals surface area contributed by atoms with Crippen molar-refractivity contribution >= 4 is 26.5 Å². The minimum Gasteiger partial charge on any atom is -0.744 e. The molecule has 4 aromatic carbocycles. The van der Waals surface area contributed by atoms with Crippen LogP contribution in [0.4, 0.5) is 0 Å². The maximum Gasteiger partial charge on any atom is 1.00 e. The summed E-state index contributed by atoms with van der Waals surface area (Å²) in [6.45, 7) is 4.18. The summed E-state index contributed by atoms with van der Waals surface area (Å²) in [6, 6.07) is 28.1. The molecule has 0 aliphatic rings. The third-order valence-electron chi connectivity index (χ3n) is 4.99. The molecule has 0 saturated heterocycles. The first kappa shape index (κ1) is 23.1. The molecule has 0 aromatic heterocycles. The predicted molar refractivity (Wildman–Crippen MR) is 116 cm³/mol. The fraction of sp³-hybridized carbons (Fsp3) is 0.0400. The predicted octanol–water partition coefficient (Wildman–Crippen LogP) is 2.40. The largest absolute Gasteiger partial charge is 1.00 e. The van der Waals surface area contributed by atoms with Crippen molar-refractivity contribution in [3.05, 3.63) is 120 Å². The molecule has 0 fully saturated rings. The molecule has 0 heterocycles. The van der Waals surface area contributed by atoms with E-state index in [1.165, 1.54) is 0 Å². The molecule has 0 spiro atoms. The molecular formula is C25H19KO3S. The summed E-state index contributed by atoms with van der Waals surface area (Å²) in [5.41, 5.74) is 3.49. The minimum absolute atomic E-state index is 0.